The summed E-state index contributed by atoms with van der Waals surface area (Å²) in [6, 6.07) is 4.59. The highest BCUT2D eigenvalue weighted by Crippen LogP contribution is 2.22. The van der Waals surface area contributed by atoms with E-state index in [4.69, 9.17) is 11.6 Å². The maximum absolute atomic E-state index is 12.6. The molecule has 0 spiro atoms. The number of fused-ring (bicyclic) bond motifs is 1. The van der Waals surface area contributed by atoms with E-state index in [1.54, 1.807) is 17.1 Å². The van der Waals surface area contributed by atoms with Crippen LogP contribution in [0.1, 0.15) is 25.8 Å². The molecule has 7 nitrogen and oxygen atoms in total. The molecule has 2 aliphatic heterocycles. The number of allylic oxidation sites excluding steroid dienone is 1. The highest BCUT2D eigenvalue weighted by Gasteiger charge is 2.39. The van der Waals surface area contributed by atoms with Crippen molar-refractivity contribution in [1.29, 1.82) is 0 Å². The third kappa shape index (κ3) is 3.07. The van der Waals surface area contributed by atoms with E-state index in [9.17, 15) is 9.59 Å². The third-order valence-corrected chi connectivity index (χ3v) is 4.24. The van der Waals surface area contributed by atoms with Crippen LogP contribution in [0, 0.1) is 6.92 Å². The smallest absolute Gasteiger partial charge is 0.249 e. The second kappa shape index (κ2) is 6.16. The Morgan fingerprint density at radius 3 is 2.83 bits per heavy atom. The summed E-state index contributed by atoms with van der Waals surface area (Å²) >= 11 is 6.09. The van der Waals surface area contributed by atoms with Crippen LogP contribution in [0.25, 0.3) is 0 Å². The number of halogens is 1. The normalized spacial score (nSPS) is 19.2. The van der Waals surface area contributed by atoms with Gasteiger partial charge < -0.3 is 5.32 Å². The number of rotatable bonds is 2. The van der Waals surface area contributed by atoms with Crippen LogP contribution >= 0.6 is 11.6 Å². The maximum atomic E-state index is 12.6. The zero-order valence-corrected chi connectivity index (χ0v) is 14.4. The van der Waals surface area contributed by atoms with Crippen LogP contribution in [0.2, 0.25) is 5.02 Å². The van der Waals surface area contributed by atoms with Gasteiger partial charge in [0, 0.05) is 10.7 Å². The van der Waals surface area contributed by atoms with Gasteiger partial charge in [0.05, 0.1) is 6.42 Å². The average molecular weight is 348 g/mol. The Balaban J connectivity index is 1.81. The monoisotopic (exact) mass is 347 g/mol. The number of carbonyl (C=O) groups is 2. The van der Waals surface area contributed by atoms with Crippen molar-refractivity contribution in [2.45, 2.75) is 33.2 Å². The summed E-state index contributed by atoms with van der Waals surface area (Å²) in [5.41, 5.74) is 5.52. The molecule has 1 atom stereocenters. The molecule has 1 unspecified atom stereocenters. The van der Waals surface area contributed by atoms with Gasteiger partial charge in [0.15, 0.2) is 0 Å². The zero-order chi connectivity index (χ0) is 17.4. The first-order valence-electron chi connectivity index (χ1n) is 7.54. The number of hydrogen-bond donors (Lipinski definition) is 3. The predicted octanol–water partition coefficient (Wildman–Crippen LogP) is 1.90. The van der Waals surface area contributed by atoms with Gasteiger partial charge in [-0.3, -0.25) is 20.3 Å². The van der Waals surface area contributed by atoms with Gasteiger partial charge in [0.2, 0.25) is 17.8 Å². The maximum Gasteiger partial charge on any atom is 0.249 e. The first-order valence-corrected chi connectivity index (χ1v) is 7.92. The molecular weight excluding hydrogens is 330 g/mol. The van der Waals surface area contributed by atoms with E-state index in [2.05, 4.69) is 21.1 Å². The molecule has 3 rings (SSSR count). The number of nitrogens with one attached hydrogen (secondary N) is 3. The Morgan fingerprint density at radius 2 is 2.17 bits per heavy atom. The quantitative estimate of drug-likeness (QED) is 0.762. The highest BCUT2D eigenvalue weighted by atomic mass is 35.5. The minimum Gasteiger partial charge on any atom is -0.324 e. The lowest BCUT2D eigenvalue weighted by Gasteiger charge is -2.32. The number of carbonyl (C=O) groups excluding carboxylic acids is 2. The molecule has 3 N–H and O–H groups in total. The summed E-state index contributed by atoms with van der Waals surface area (Å²) in [5, 5.41) is 7.62. The average Bonchev–Trinajstić information content (AvgIpc) is 2.94. The summed E-state index contributed by atoms with van der Waals surface area (Å²) in [5.74, 6) is 0.414. The highest BCUT2D eigenvalue weighted by molar-refractivity contribution is 6.31. The van der Waals surface area contributed by atoms with Crippen molar-refractivity contribution in [2.24, 2.45) is 4.99 Å². The molecule has 1 saturated heterocycles. The summed E-state index contributed by atoms with van der Waals surface area (Å²) < 4.78 is 0. The van der Waals surface area contributed by atoms with Crippen LogP contribution in [0.3, 0.4) is 0 Å². The molecule has 1 aromatic carbocycles. The number of hydrogen-bond acceptors (Lipinski definition) is 5. The van der Waals surface area contributed by atoms with Gasteiger partial charge in [0.1, 0.15) is 11.9 Å². The van der Waals surface area contributed by atoms with E-state index < -0.39 is 6.04 Å². The topological polar surface area (TPSA) is 85.8 Å². The lowest BCUT2D eigenvalue weighted by Crippen LogP contribution is -2.61. The molecule has 2 aliphatic rings. The van der Waals surface area contributed by atoms with Crippen molar-refractivity contribution in [3.63, 3.8) is 0 Å². The molecule has 8 heteroatoms. The van der Waals surface area contributed by atoms with Crippen LogP contribution in [-0.4, -0.2) is 28.8 Å². The molecule has 0 bridgehead atoms. The minimum atomic E-state index is -0.700. The molecule has 2 heterocycles. The van der Waals surface area contributed by atoms with Gasteiger partial charge in [-0.25, -0.2) is 5.01 Å². The Morgan fingerprint density at radius 1 is 1.42 bits per heavy atom. The molecule has 24 heavy (non-hydrogen) atoms. The molecule has 2 amide bonds. The van der Waals surface area contributed by atoms with Crippen LogP contribution in [0.5, 0.6) is 0 Å². The van der Waals surface area contributed by atoms with Crippen molar-refractivity contribution < 1.29 is 9.59 Å². The van der Waals surface area contributed by atoms with Crippen molar-refractivity contribution in [3.8, 4) is 0 Å². The van der Waals surface area contributed by atoms with Crippen molar-refractivity contribution in [3.05, 3.63) is 40.2 Å². The molecule has 126 valence electrons. The van der Waals surface area contributed by atoms with E-state index >= 15 is 0 Å². The van der Waals surface area contributed by atoms with Crippen LogP contribution < -0.4 is 16.1 Å². The Bertz CT molecular complexity index is 783. The van der Waals surface area contributed by atoms with E-state index in [1.807, 2.05) is 26.8 Å². The van der Waals surface area contributed by atoms with Crippen molar-refractivity contribution in [1.82, 2.24) is 15.8 Å². The van der Waals surface area contributed by atoms with Gasteiger partial charge in [-0.2, -0.15) is 4.99 Å². The van der Waals surface area contributed by atoms with Gasteiger partial charge in [-0.15, -0.1) is 0 Å². The predicted molar refractivity (Wildman–Crippen MR) is 92.2 cm³/mol. The molecule has 0 saturated carbocycles. The van der Waals surface area contributed by atoms with Crippen LogP contribution in [0.15, 0.2) is 34.6 Å². The number of anilines is 1. The van der Waals surface area contributed by atoms with Gasteiger partial charge >= 0.3 is 0 Å². The SMILES string of the molecule is CC(C)=C1N=C2NC(=O)CC(C(=O)Nc3ccc(C)c(Cl)c3)N2N1. The number of hydrazine groups is 1. The number of aliphatic imine (C=N–C) groups is 1. The fraction of sp³-hybridized carbons (Fsp3) is 0.312. The lowest BCUT2D eigenvalue weighted by molar-refractivity contribution is -0.129. The Kier molecular flexibility index (Phi) is 4.19. The van der Waals surface area contributed by atoms with Gasteiger partial charge in [-0.05, 0) is 44.0 Å². The first kappa shape index (κ1) is 16.3. The minimum absolute atomic E-state index is 0.0352. The molecular formula is C16H18ClN5O2. The summed E-state index contributed by atoms with van der Waals surface area (Å²) in [4.78, 5) is 28.8. The van der Waals surface area contributed by atoms with Gasteiger partial charge in [-0.1, -0.05) is 17.7 Å². The fourth-order valence-electron chi connectivity index (χ4n) is 2.44. The number of aryl methyl sites for hydroxylation is 1. The second-order valence-electron chi connectivity index (χ2n) is 5.99. The van der Waals surface area contributed by atoms with Crippen LogP contribution in [0.4, 0.5) is 5.69 Å². The summed E-state index contributed by atoms with van der Waals surface area (Å²) in [6.45, 7) is 5.68. The fourth-order valence-corrected chi connectivity index (χ4v) is 2.62. The Labute approximate surface area is 144 Å². The molecule has 1 fully saturated rings. The Hall–Kier alpha value is -2.54. The number of guanidine groups is 1. The molecule has 0 aromatic heterocycles. The third-order valence-electron chi connectivity index (χ3n) is 3.83. The van der Waals surface area contributed by atoms with Crippen LogP contribution in [-0.2, 0) is 9.59 Å². The largest absolute Gasteiger partial charge is 0.324 e. The van der Waals surface area contributed by atoms with E-state index in [0.29, 0.717) is 22.5 Å². The van der Waals surface area contributed by atoms with Gasteiger partial charge in [0.25, 0.3) is 0 Å². The zero-order valence-electron chi connectivity index (χ0n) is 13.6. The van der Waals surface area contributed by atoms with E-state index in [0.717, 1.165) is 11.1 Å². The lowest BCUT2D eigenvalue weighted by atomic mass is 10.1. The number of amides is 2. The standard InChI is InChI=1S/C16H18ClN5O2/c1-8(2)14-20-16-19-13(23)7-12(22(16)21-14)15(24)18-10-5-4-9(3)11(17)6-10/h4-6,12,21H,7H2,1-3H3,(H,18,24)(H,19,20,23). The molecule has 0 aliphatic carbocycles. The van der Waals surface area contributed by atoms with Crippen molar-refractivity contribution in [2.75, 3.05) is 5.32 Å². The second-order valence-corrected chi connectivity index (χ2v) is 6.39. The van der Waals surface area contributed by atoms with E-state index in [-0.39, 0.29) is 18.2 Å². The summed E-state index contributed by atoms with van der Waals surface area (Å²) in [6.07, 6.45) is 0.0352. The number of nitrogens with zero attached hydrogens (tertiary/aromatic N) is 2. The van der Waals surface area contributed by atoms with Crippen molar-refractivity contribution >= 4 is 35.1 Å². The molecule has 0 radical (unpaired) electrons. The first-order chi connectivity index (χ1) is 11.3. The molecule has 1 aromatic rings. The number of benzene rings is 1. The summed E-state index contributed by atoms with van der Waals surface area (Å²) in [7, 11) is 0. The van der Waals surface area contributed by atoms with E-state index in [1.165, 1.54) is 0 Å².